The predicted molar refractivity (Wildman–Crippen MR) is 63.4 cm³/mol. The maximum atomic E-state index is 11.6. The lowest BCUT2D eigenvalue weighted by atomic mass is 10.5. The molecule has 16 heavy (non-hydrogen) atoms. The van der Waals surface area contributed by atoms with Crippen LogP contribution in [0.2, 0.25) is 0 Å². The molecule has 0 aliphatic rings. The smallest absolute Gasteiger partial charge is 0.317 e. The number of thiazole rings is 1. The van der Waals surface area contributed by atoms with Gasteiger partial charge in [0.15, 0.2) is 0 Å². The van der Waals surface area contributed by atoms with Gasteiger partial charge >= 0.3 is 6.03 Å². The molecule has 1 aromatic rings. The quantitative estimate of drug-likeness (QED) is 0.810. The van der Waals surface area contributed by atoms with Gasteiger partial charge in [-0.1, -0.05) is 0 Å². The molecule has 2 N–H and O–H groups in total. The second kappa shape index (κ2) is 6.44. The van der Waals surface area contributed by atoms with Gasteiger partial charge < -0.3 is 15.3 Å². The molecule has 0 saturated carbocycles. The minimum atomic E-state index is -0.150. The summed E-state index contributed by atoms with van der Waals surface area (Å²) >= 11 is 1.57. The number of rotatable bonds is 5. The van der Waals surface area contributed by atoms with Crippen LogP contribution < -0.4 is 5.32 Å². The van der Waals surface area contributed by atoms with Crippen LogP contribution in [0.1, 0.15) is 16.8 Å². The van der Waals surface area contributed by atoms with Crippen LogP contribution in [0, 0.1) is 6.92 Å². The standard InChI is InChI=1S/C10H17N3O2S/c1-3-13(4-5-14)10(15)12-7-9-6-11-8(2)16-9/h6,14H,3-5,7H2,1-2H3,(H,12,15). The number of hydrogen-bond acceptors (Lipinski definition) is 4. The average Bonchev–Trinajstić information content (AvgIpc) is 2.68. The second-order valence-electron chi connectivity index (χ2n) is 3.31. The molecule has 0 bridgehead atoms. The number of amides is 2. The van der Waals surface area contributed by atoms with E-state index in [9.17, 15) is 4.79 Å². The summed E-state index contributed by atoms with van der Waals surface area (Å²) in [5, 5.41) is 12.6. The summed E-state index contributed by atoms with van der Waals surface area (Å²) in [5.74, 6) is 0. The number of aliphatic hydroxyl groups is 1. The lowest BCUT2D eigenvalue weighted by Crippen LogP contribution is -2.40. The Morgan fingerprint density at radius 3 is 2.94 bits per heavy atom. The van der Waals surface area contributed by atoms with E-state index in [0.717, 1.165) is 9.88 Å². The Morgan fingerprint density at radius 1 is 1.69 bits per heavy atom. The fraction of sp³-hybridized carbons (Fsp3) is 0.600. The average molecular weight is 243 g/mol. The minimum absolute atomic E-state index is 0.0130. The topological polar surface area (TPSA) is 65.5 Å². The van der Waals surface area contributed by atoms with Crippen LogP contribution in [-0.2, 0) is 6.54 Å². The van der Waals surface area contributed by atoms with Crippen molar-refractivity contribution >= 4 is 17.4 Å². The Bertz CT molecular complexity index is 341. The van der Waals surface area contributed by atoms with Crippen LogP contribution >= 0.6 is 11.3 Å². The van der Waals surface area contributed by atoms with E-state index < -0.39 is 0 Å². The summed E-state index contributed by atoms with van der Waals surface area (Å²) in [6.07, 6.45) is 1.77. The van der Waals surface area contributed by atoms with Crippen molar-refractivity contribution in [2.75, 3.05) is 19.7 Å². The Balaban J connectivity index is 2.39. The summed E-state index contributed by atoms with van der Waals surface area (Å²) in [5.41, 5.74) is 0. The van der Waals surface area contributed by atoms with Crippen molar-refractivity contribution in [1.29, 1.82) is 0 Å². The van der Waals surface area contributed by atoms with E-state index in [-0.39, 0.29) is 12.6 Å². The highest BCUT2D eigenvalue weighted by Gasteiger charge is 2.10. The molecule has 1 heterocycles. The third kappa shape index (κ3) is 3.79. The summed E-state index contributed by atoms with van der Waals surface area (Å²) in [7, 11) is 0. The molecule has 0 radical (unpaired) electrons. The first-order valence-electron chi connectivity index (χ1n) is 5.22. The van der Waals surface area contributed by atoms with Crippen molar-refractivity contribution in [1.82, 2.24) is 15.2 Å². The Kier molecular flexibility index (Phi) is 5.21. The molecule has 0 aliphatic heterocycles. The van der Waals surface area contributed by atoms with Crippen LogP contribution in [0.3, 0.4) is 0 Å². The highest BCUT2D eigenvalue weighted by Crippen LogP contribution is 2.10. The van der Waals surface area contributed by atoms with Gasteiger partial charge in [0.25, 0.3) is 0 Å². The highest BCUT2D eigenvalue weighted by molar-refractivity contribution is 7.11. The number of nitrogens with zero attached hydrogens (tertiary/aromatic N) is 2. The van der Waals surface area contributed by atoms with Crippen molar-refractivity contribution in [3.8, 4) is 0 Å². The molecular weight excluding hydrogens is 226 g/mol. The SMILES string of the molecule is CCN(CCO)C(=O)NCc1cnc(C)s1. The summed E-state index contributed by atoms with van der Waals surface area (Å²) in [4.78, 5) is 18.3. The van der Waals surface area contributed by atoms with Gasteiger partial charge in [-0.2, -0.15) is 0 Å². The molecule has 6 heteroatoms. The van der Waals surface area contributed by atoms with Crippen LogP contribution in [0.15, 0.2) is 6.20 Å². The lowest BCUT2D eigenvalue weighted by molar-refractivity contribution is 0.180. The zero-order valence-corrected chi connectivity index (χ0v) is 10.4. The van der Waals surface area contributed by atoms with Crippen LogP contribution in [0.25, 0.3) is 0 Å². The molecule has 5 nitrogen and oxygen atoms in total. The minimum Gasteiger partial charge on any atom is -0.395 e. The number of urea groups is 1. The first-order chi connectivity index (χ1) is 7.67. The molecule has 0 unspecified atom stereocenters. The molecule has 1 rings (SSSR count). The van der Waals surface area contributed by atoms with Crippen molar-refractivity contribution in [2.24, 2.45) is 0 Å². The molecule has 0 fully saturated rings. The molecule has 1 aromatic heterocycles. The van der Waals surface area contributed by atoms with E-state index in [1.165, 1.54) is 0 Å². The fourth-order valence-corrected chi connectivity index (χ4v) is 2.02. The van der Waals surface area contributed by atoms with Crippen LogP contribution in [0.5, 0.6) is 0 Å². The van der Waals surface area contributed by atoms with Gasteiger partial charge in [0.1, 0.15) is 0 Å². The molecule has 0 spiro atoms. The van der Waals surface area contributed by atoms with Gasteiger partial charge in [0, 0.05) is 24.2 Å². The van der Waals surface area contributed by atoms with Crippen molar-refractivity contribution < 1.29 is 9.90 Å². The molecular formula is C10H17N3O2S. The zero-order chi connectivity index (χ0) is 12.0. The number of nitrogens with one attached hydrogen (secondary N) is 1. The van der Waals surface area contributed by atoms with E-state index in [2.05, 4.69) is 10.3 Å². The van der Waals surface area contributed by atoms with Gasteiger partial charge in [-0.25, -0.2) is 9.78 Å². The molecule has 0 saturated heterocycles. The van der Waals surface area contributed by atoms with Gasteiger partial charge in [-0.15, -0.1) is 11.3 Å². The summed E-state index contributed by atoms with van der Waals surface area (Å²) in [6.45, 7) is 5.25. The normalized spacial score (nSPS) is 10.2. The van der Waals surface area contributed by atoms with Crippen LogP contribution in [0.4, 0.5) is 4.79 Å². The Labute approximate surface area is 99.1 Å². The van der Waals surface area contributed by atoms with E-state index in [4.69, 9.17) is 5.11 Å². The first kappa shape index (κ1) is 12.9. The Hall–Kier alpha value is -1.14. The molecule has 0 aliphatic carbocycles. The Morgan fingerprint density at radius 2 is 2.44 bits per heavy atom. The van der Waals surface area contributed by atoms with Gasteiger partial charge in [-0.3, -0.25) is 0 Å². The summed E-state index contributed by atoms with van der Waals surface area (Å²) in [6, 6.07) is -0.150. The molecule has 0 atom stereocenters. The monoisotopic (exact) mass is 243 g/mol. The first-order valence-corrected chi connectivity index (χ1v) is 6.04. The third-order valence-corrected chi connectivity index (χ3v) is 3.03. The third-order valence-electron chi connectivity index (χ3n) is 2.12. The number of carbonyl (C=O) groups is 1. The van der Waals surface area contributed by atoms with Crippen molar-refractivity contribution in [2.45, 2.75) is 20.4 Å². The van der Waals surface area contributed by atoms with Gasteiger partial charge in [0.2, 0.25) is 0 Å². The van der Waals surface area contributed by atoms with E-state index in [1.807, 2.05) is 13.8 Å². The number of aromatic nitrogens is 1. The van der Waals surface area contributed by atoms with Crippen LogP contribution in [-0.4, -0.2) is 40.7 Å². The van der Waals surface area contributed by atoms with E-state index >= 15 is 0 Å². The largest absolute Gasteiger partial charge is 0.395 e. The molecule has 2 amide bonds. The van der Waals surface area contributed by atoms with Crippen molar-refractivity contribution in [3.05, 3.63) is 16.1 Å². The zero-order valence-electron chi connectivity index (χ0n) is 9.56. The van der Waals surface area contributed by atoms with E-state index in [0.29, 0.717) is 19.6 Å². The second-order valence-corrected chi connectivity index (χ2v) is 4.63. The molecule has 0 aromatic carbocycles. The lowest BCUT2D eigenvalue weighted by Gasteiger charge is -2.19. The number of hydrogen-bond donors (Lipinski definition) is 2. The fourth-order valence-electron chi connectivity index (χ4n) is 1.29. The summed E-state index contributed by atoms with van der Waals surface area (Å²) < 4.78 is 0. The maximum absolute atomic E-state index is 11.6. The van der Waals surface area contributed by atoms with Gasteiger partial charge in [0.05, 0.1) is 18.2 Å². The maximum Gasteiger partial charge on any atom is 0.317 e. The van der Waals surface area contributed by atoms with Gasteiger partial charge in [-0.05, 0) is 13.8 Å². The number of aryl methyl sites for hydroxylation is 1. The number of aliphatic hydroxyl groups excluding tert-OH is 1. The highest BCUT2D eigenvalue weighted by atomic mass is 32.1. The molecule has 90 valence electrons. The number of likely N-dealkylation sites (N-methyl/N-ethyl adjacent to an activating group) is 1. The number of carbonyl (C=O) groups excluding carboxylic acids is 1. The van der Waals surface area contributed by atoms with Crippen molar-refractivity contribution in [3.63, 3.8) is 0 Å². The van der Waals surface area contributed by atoms with E-state index in [1.54, 1.807) is 22.4 Å². The predicted octanol–water partition coefficient (Wildman–Crippen LogP) is 0.975.